The number of pyridine rings is 1. The van der Waals surface area contributed by atoms with Crippen molar-refractivity contribution in [1.29, 1.82) is 0 Å². The standard InChI is InChI=1S/C20H22ClN3O4/c1-28-14-8-9-15(17(25)11-14)19(26)23-12-4-6-13(7-5-12)24-20(27)16-3-2-10-22-18(16)21/h2-3,8-13,25H,4-7H2,1H3,(H,23,26)(H,24,27). The number of amides is 2. The van der Waals surface area contributed by atoms with Crippen LogP contribution in [0.25, 0.3) is 0 Å². The predicted octanol–water partition coefficient (Wildman–Crippen LogP) is 2.92. The van der Waals surface area contributed by atoms with Crippen LogP contribution in [0.1, 0.15) is 46.4 Å². The van der Waals surface area contributed by atoms with E-state index < -0.39 is 0 Å². The Bertz CT molecular complexity index is 866. The normalized spacial score (nSPS) is 18.9. The zero-order valence-electron chi connectivity index (χ0n) is 15.4. The molecule has 1 heterocycles. The molecule has 0 radical (unpaired) electrons. The van der Waals surface area contributed by atoms with E-state index in [1.54, 1.807) is 18.2 Å². The molecule has 1 aromatic carbocycles. The maximum absolute atomic E-state index is 12.4. The maximum atomic E-state index is 12.4. The van der Waals surface area contributed by atoms with Gasteiger partial charge in [0, 0.05) is 24.3 Å². The average molecular weight is 404 g/mol. The van der Waals surface area contributed by atoms with Crippen molar-refractivity contribution in [2.24, 2.45) is 0 Å². The fourth-order valence-corrected chi connectivity index (χ4v) is 3.50. The molecule has 0 atom stereocenters. The van der Waals surface area contributed by atoms with E-state index in [4.69, 9.17) is 16.3 Å². The number of aromatic nitrogens is 1. The van der Waals surface area contributed by atoms with E-state index in [9.17, 15) is 14.7 Å². The van der Waals surface area contributed by atoms with Gasteiger partial charge in [-0.1, -0.05) is 11.6 Å². The van der Waals surface area contributed by atoms with Crippen molar-refractivity contribution < 1.29 is 19.4 Å². The number of hydrogen-bond acceptors (Lipinski definition) is 5. The molecule has 3 N–H and O–H groups in total. The number of hydrogen-bond donors (Lipinski definition) is 3. The first kappa shape index (κ1) is 19.9. The van der Waals surface area contributed by atoms with Crippen LogP contribution >= 0.6 is 11.6 Å². The largest absolute Gasteiger partial charge is 0.507 e. The summed E-state index contributed by atoms with van der Waals surface area (Å²) >= 11 is 5.96. The van der Waals surface area contributed by atoms with Gasteiger partial charge in [-0.25, -0.2) is 4.98 Å². The molecule has 8 heteroatoms. The highest BCUT2D eigenvalue weighted by atomic mass is 35.5. The second-order valence-corrected chi connectivity index (χ2v) is 7.08. The van der Waals surface area contributed by atoms with Gasteiger partial charge in [-0.3, -0.25) is 9.59 Å². The van der Waals surface area contributed by atoms with Crippen molar-refractivity contribution in [2.45, 2.75) is 37.8 Å². The number of aromatic hydroxyl groups is 1. The van der Waals surface area contributed by atoms with Crippen molar-refractivity contribution in [1.82, 2.24) is 15.6 Å². The number of halogens is 1. The highest BCUT2D eigenvalue weighted by Crippen LogP contribution is 2.25. The van der Waals surface area contributed by atoms with Gasteiger partial charge in [0.1, 0.15) is 16.7 Å². The van der Waals surface area contributed by atoms with Crippen LogP contribution in [-0.4, -0.2) is 41.1 Å². The van der Waals surface area contributed by atoms with E-state index in [1.165, 1.54) is 25.4 Å². The van der Waals surface area contributed by atoms with Gasteiger partial charge >= 0.3 is 0 Å². The minimum atomic E-state index is -0.324. The van der Waals surface area contributed by atoms with Crippen molar-refractivity contribution in [3.05, 3.63) is 52.8 Å². The first-order chi connectivity index (χ1) is 13.5. The number of carbonyl (C=O) groups is 2. The van der Waals surface area contributed by atoms with E-state index in [0.29, 0.717) is 11.3 Å². The predicted molar refractivity (Wildman–Crippen MR) is 105 cm³/mol. The third-order valence-corrected chi connectivity index (χ3v) is 5.15. The lowest BCUT2D eigenvalue weighted by atomic mass is 9.90. The van der Waals surface area contributed by atoms with Gasteiger partial charge in [-0.15, -0.1) is 0 Å². The van der Waals surface area contributed by atoms with Crippen LogP contribution in [0.3, 0.4) is 0 Å². The van der Waals surface area contributed by atoms with Crippen LogP contribution in [0.2, 0.25) is 5.15 Å². The molecule has 7 nitrogen and oxygen atoms in total. The summed E-state index contributed by atoms with van der Waals surface area (Å²) < 4.78 is 5.02. The Morgan fingerprint density at radius 1 is 1.07 bits per heavy atom. The maximum Gasteiger partial charge on any atom is 0.255 e. The monoisotopic (exact) mass is 403 g/mol. The van der Waals surface area contributed by atoms with Gasteiger partial charge in [-0.05, 0) is 49.9 Å². The topological polar surface area (TPSA) is 101 Å². The molecule has 1 saturated carbocycles. The minimum Gasteiger partial charge on any atom is -0.507 e. The zero-order valence-corrected chi connectivity index (χ0v) is 16.2. The fourth-order valence-electron chi connectivity index (χ4n) is 3.29. The molecule has 0 saturated heterocycles. The molecular formula is C20H22ClN3O4. The van der Waals surface area contributed by atoms with Gasteiger partial charge in [-0.2, -0.15) is 0 Å². The number of phenolic OH excluding ortho intramolecular Hbond substituents is 1. The highest BCUT2D eigenvalue weighted by Gasteiger charge is 2.25. The first-order valence-electron chi connectivity index (χ1n) is 9.07. The number of carbonyl (C=O) groups excluding carboxylic acids is 2. The molecule has 2 amide bonds. The second kappa shape index (κ2) is 8.93. The number of rotatable bonds is 5. The smallest absolute Gasteiger partial charge is 0.255 e. The quantitative estimate of drug-likeness (QED) is 0.666. The van der Waals surface area contributed by atoms with E-state index in [0.717, 1.165) is 25.7 Å². The number of nitrogens with one attached hydrogen (secondary N) is 2. The van der Waals surface area contributed by atoms with E-state index in [-0.39, 0.29) is 40.4 Å². The summed E-state index contributed by atoms with van der Waals surface area (Å²) in [5.74, 6) is -0.200. The molecule has 3 rings (SSSR count). The summed E-state index contributed by atoms with van der Waals surface area (Å²) in [4.78, 5) is 28.6. The Kier molecular flexibility index (Phi) is 6.36. The summed E-state index contributed by atoms with van der Waals surface area (Å²) in [7, 11) is 1.49. The van der Waals surface area contributed by atoms with Gasteiger partial charge in [0.2, 0.25) is 0 Å². The van der Waals surface area contributed by atoms with Gasteiger partial charge in [0.05, 0.1) is 18.2 Å². The Morgan fingerprint density at radius 2 is 1.68 bits per heavy atom. The lowest BCUT2D eigenvalue weighted by molar-refractivity contribution is 0.0890. The molecular weight excluding hydrogens is 382 g/mol. The third kappa shape index (κ3) is 4.72. The summed E-state index contributed by atoms with van der Waals surface area (Å²) in [5.41, 5.74) is 0.567. The molecule has 1 aliphatic carbocycles. The molecule has 148 valence electrons. The highest BCUT2D eigenvalue weighted by molar-refractivity contribution is 6.32. The lowest BCUT2D eigenvalue weighted by Gasteiger charge is -2.29. The lowest BCUT2D eigenvalue weighted by Crippen LogP contribution is -2.43. The van der Waals surface area contributed by atoms with Crippen molar-refractivity contribution in [3.8, 4) is 11.5 Å². The molecule has 0 spiro atoms. The van der Waals surface area contributed by atoms with Crippen LogP contribution in [0.4, 0.5) is 0 Å². The Morgan fingerprint density at radius 3 is 2.21 bits per heavy atom. The molecule has 1 aliphatic rings. The summed E-state index contributed by atoms with van der Waals surface area (Å²) in [6, 6.07) is 7.89. The van der Waals surface area contributed by atoms with Gasteiger partial charge < -0.3 is 20.5 Å². The Hall–Kier alpha value is -2.80. The number of ether oxygens (including phenoxy) is 1. The zero-order chi connectivity index (χ0) is 20.1. The summed E-state index contributed by atoms with van der Waals surface area (Å²) in [6.07, 6.45) is 4.47. The van der Waals surface area contributed by atoms with Gasteiger partial charge in [0.15, 0.2) is 0 Å². The SMILES string of the molecule is COc1ccc(C(=O)NC2CCC(NC(=O)c3cccnc3Cl)CC2)c(O)c1. The molecule has 0 unspecified atom stereocenters. The van der Waals surface area contributed by atoms with Crippen LogP contribution in [0.5, 0.6) is 11.5 Å². The molecule has 0 aliphatic heterocycles. The molecule has 1 aromatic heterocycles. The minimum absolute atomic E-state index is 0.0101. The van der Waals surface area contributed by atoms with Crippen LogP contribution in [0, 0.1) is 0 Å². The number of phenols is 1. The summed E-state index contributed by atoms with van der Waals surface area (Å²) in [6.45, 7) is 0. The summed E-state index contributed by atoms with van der Waals surface area (Å²) in [5, 5.41) is 16.1. The van der Waals surface area contributed by atoms with E-state index in [2.05, 4.69) is 15.6 Å². The van der Waals surface area contributed by atoms with Crippen molar-refractivity contribution in [3.63, 3.8) is 0 Å². The third-order valence-electron chi connectivity index (χ3n) is 4.85. The molecule has 2 aromatic rings. The molecule has 1 fully saturated rings. The van der Waals surface area contributed by atoms with Crippen molar-refractivity contribution >= 4 is 23.4 Å². The van der Waals surface area contributed by atoms with Crippen LogP contribution < -0.4 is 15.4 Å². The number of methoxy groups -OCH3 is 1. The van der Waals surface area contributed by atoms with E-state index in [1.807, 2.05) is 0 Å². The molecule has 28 heavy (non-hydrogen) atoms. The van der Waals surface area contributed by atoms with Crippen molar-refractivity contribution in [2.75, 3.05) is 7.11 Å². The Balaban J connectivity index is 1.51. The van der Waals surface area contributed by atoms with Crippen LogP contribution in [-0.2, 0) is 0 Å². The van der Waals surface area contributed by atoms with Crippen LogP contribution in [0.15, 0.2) is 36.5 Å². The second-order valence-electron chi connectivity index (χ2n) is 6.72. The number of benzene rings is 1. The first-order valence-corrected chi connectivity index (χ1v) is 9.45. The Labute approximate surface area is 168 Å². The number of nitrogens with zero attached hydrogens (tertiary/aromatic N) is 1. The fraction of sp³-hybridized carbons (Fsp3) is 0.350. The molecule has 0 bridgehead atoms. The van der Waals surface area contributed by atoms with E-state index >= 15 is 0 Å². The average Bonchev–Trinajstić information content (AvgIpc) is 2.69. The van der Waals surface area contributed by atoms with Gasteiger partial charge in [0.25, 0.3) is 11.8 Å².